The highest BCUT2D eigenvalue weighted by molar-refractivity contribution is 7.10. The molecule has 3 rings (SSSR count). The van der Waals surface area contributed by atoms with E-state index >= 15 is 0 Å². The first-order chi connectivity index (χ1) is 8.75. The summed E-state index contributed by atoms with van der Waals surface area (Å²) >= 11 is 1.77. The van der Waals surface area contributed by atoms with Gasteiger partial charge >= 0.3 is 0 Å². The molecular formula is C14H19NO2S. The van der Waals surface area contributed by atoms with Crippen LogP contribution in [0.3, 0.4) is 0 Å². The standard InChI is InChI=1S/C14H19NO2S/c1-10-2-3-11-12(9-18-13(11)8-10)14(16)15-4-6-17-7-5-15/h9-10H,2-8H2,1H3/t10-/m0/s1. The van der Waals surface area contributed by atoms with Crippen molar-refractivity contribution in [2.45, 2.75) is 26.2 Å². The van der Waals surface area contributed by atoms with E-state index in [1.165, 1.54) is 16.9 Å². The van der Waals surface area contributed by atoms with Gasteiger partial charge in [-0.3, -0.25) is 4.79 Å². The minimum absolute atomic E-state index is 0.213. The third-order valence-corrected chi connectivity index (χ3v) is 4.98. The molecule has 18 heavy (non-hydrogen) atoms. The first-order valence-electron chi connectivity index (χ1n) is 6.72. The highest BCUT2D eigenvalue weighted by atomic mass is 32.1. The first-order valence-corrected chi connectivity index (χ1v) is 7.60. The van der Waals surface area contributed by atoms with E-state index in [2.05, 4.69) is 12.3 Å². The summed E-state index contributed by atoms with van der Waals surface area (Å²) in [6, 6.07) is 0. The van der Waals surface area contributed by atoms with Gasteiger partial charge in [0.1, 0.15) is 0 Å². The monoisotopic (exact) mass is 265 g/mol. The molecule has 1 aromatic heterocycles. The third-order valence-electron chi connectivity index (χ3n) is 3.93. The lowest BCUT2D eigenvalue weighted by Gasteiger charge is -2.27. The molecular weight excluding hydrogens is 246 g/mol. The molecule has 3 nitrogen and oxygen atoms in total. The van der Waals surface area contributed by atoms with Gasteiger partial charge in [-0.25, -0.2) is 0 Å². The second-order valence-electron chi connectivity index (χ2n) is 5.30. The molecule has 4 heteroatoms. The van der Waals surface area contributed by atoms with E-state index in [1.807, 2.05) is 4.90 Å². The van der Waals surface area contributed by atoms with Gasteiger partial charge in [-0.2, -0.15) is 0 Å². The van der Waals surface area contributed by atoms with Crippen LogP contribution >= 0.6 is 11.3 Å². The van der Waals surface area contributed by atoms with Gasteiger partial charge in [0.25, 0.3) is 5.91 Å². The molecule has 2 heterocycles. The normalized spacial score (nSPS) is 23.8. The van der Waals surface area contributed by atoms with Crippen LogP contribution in [0, 0.1) is 5.92 Å². The fourth-order valence-electron chi connectivity index (χ4n) is 2.79. The van der Waals surface area contributed by atoms with Crippen molar-refractivity contribution < 1.29 is 9.53 Å². The maximum atomic E-state index is 12.5. The van der Waals surface area contributed by atoms with Crippen LogP contribution in [-0.2, 0) is 17.6 Å². The van der Waals surface area contributed by atoms with Gasteiger partial charge in [-0.05, 0) is 30.7 Å². The second kappa shape index (κ2) is 5.02. The maximum Gasteiger partial charge on any atom is 0.255 e. The third kappa shape index (κ3) is 2.19. The van der Waals surface area contributed by atoms with Crippen molar-refractivity contribution in [1.82, 2.24) is 4.90 Å². The van der Waals surface area contributed by atoms with Crippen LogP contribution in [0.4, 0.5) is 0 Å². The zero-order valence-corrected chi connectivity index (χ0v) is 11.6. The van der Waals surface area contributed by atoms with Crippen LogP contribution in [-0.4, -0.2) is 37.1 Å². The predicted octanol–water partition coefficient (Wildman–Crippen LogP) is 2.35. The minimum Gasteiger partial charge on any atom is -0.378 e. The number of carbonyl (C=O) groups excluding carboxylic acids is 1. The largest absolute Gasteiger partial charge is 0.378 e. The summed E-state index contributed by atoms with van der Waals surface area (Å²) < 4.78 is 5.30. The summed E-state index contributed by atoms with van der Waals surface area (Å²) in [5.41, 5.74) is 2.29. The number of hydrogen-bond acceptors (Lipinski definition) is 3. The van der Waals surface area contributed by atoms with Gasteiger partial charge < -0.3 is 9.64 Å². The number of amides is 1. The lowest BCUT2D eigenvalue weighted by atomic mass is 9.88. The Bertz CT molecular complexity index is 449. The molecule has 0 unspecified atom stereocenters. The zero-order chi connectivity index (χ0) is 12.5. The molecule has 1 saturated heterocycles. The fourth-order valence-corrected chi connectivity index (χ4v) is 4.03. The summed E-state index contributed by atoms with van der Waals surface area (Å²) in [6.45, 7) is 5.12. The van der Waals surface area contributed by atoms with Crippen molar-refractivity contribution in [3.8, 4) is 0 Å². The summed E-state index contributed by atoms with van der Waals surface area (Å²) in [7, 11) is 0. The van der Waals surface area contributed by atoms with Crippen molar-refractivity contribution in [3.05, 3.63) is 21.4 Å². The molecule has 1 fully saturated rings. The van der Waals surface area contributed by atoms with Crippen molar-refractivity contribution >= 4 is 17.2 Å². The number of ether oxygens (including phenoxy) is 1. The second-order valence-corrected chi connectivity index (χ2v) is 6.27. The number of fused-ring (bicyclic) bond motifs is 1. The smallest absolute Gasteiger partial charge is 0.255 e. The van der Waals surface area contributed by atoms with Crippen LogP contribution in [0.25, 0.3) is 0 Å². The van der Waals surface area contributed by atoms with Crippen LogP contribution in [0.2, 0.25) is 0 Å². The Morgan fingerprint density at radius 2 is 2.22 bits per heavy atom. The minimum atomic E-state index is 0.213. The van der Waals surface area contributed by atoms with E-state index in [9.17, 15) is 4.79 Å². The Hall–Kier alpha value is -0.870. The van der Waals surface area contributed by atoms with Gasteiger partial charge in [0.15, 0.2) is 0 Å². The Morgan fingerprint density at radius 1 is 1.44 bits per heavy atom. The average Bonchev–Trinajstić information content (AvgIpc) is 2.81. The van der Waals surface area contributed by atoms with Crippen LogP contribution in [0.5, 0.6) is 0 Å². The molecule has 0 aromatic carbocycles. The van der Waals surface area contributed by atoms with E-state index in [0.717, 1.165) is 37.4 Å². The maximum absolute atomic E-state index is 12.5. The quantitative estimate of drug-likeness (QED) is 0.780. The first kappa shape index (κ1) is 12.2. The van der Waals surface area contributed by atoms with E-state index in [0.29, 0.717) is 13.2 Å². The Morgan fingerprint density at radius 3 is 3.00 bits per heavy atom. The van der Waals surface area contributed by atoms with E-state index in [4.69, 9.17) is 4.74 Å². The van der Waals surface area contributed by atoms with Gasteiger partial charge in [0.2, 0.25) is 0 Å². The van der Waals surface area contributed by atoms with E-state index in [-0.39, 0.29) is 5.91 Å². The average molecular weight is 265 g/mol. The number of carbonyl (C=O) groups is 1. The summed E-state index contributed by atoms with van der Waals surface area (Å²) in [4.78, 5) is 15.9. The summed E-state index contributed by atoms with van der Waals surface area (Å²) in [5.74, 6) is 0.979. The van der Waals surface area contributed by atoms with E-state index < -0.39 is 0 Å². The fraction of sp³-hybridized carbons (Fsp3) is 0.643. The van der Waals surface area contributed by atoms with Gasteiger partial charge in [0, 0.05) is 23.3 Å². The van der Waals surface area contributed by atoms with Crippen molar-refractivity contribution in [2.24, 2.45) is 5.92 Å². The number of hydrogen-bond donors (Lipinski definition) is 0. The molecule has 1 aliphatic heterocycles. The molecule has 1 aliphatic carbocycles. The molecule has 1 atom stereocenters. The number of thiophene rings is 1. The summed E-state index contributed by atoms with van der Waals surface area (Å²) in [5, 5.41) is 2.07. The topological polar surface area (TPSA) is 29.5 Å². The lowest BCUT2D eigenvalue weighted by molar-refractivity contribution is 0.0302. The molecule has 0 saturated carbocycles. The Kier molecular flexibility index (Phi) is 3.39. The highest BCUT2D eigenvalue weighted by Gasteiger charge is 2.26. The molecule has 0 N–H and O–H groups in total. The van der Waals surface area contributed by atoms with Crippen LogP contribution in [0.15, 0.2) is 5.38 Å². The van der Waals surface area contributed by atoms with Gasteiger partial charge in [0.05, 0.1) is 18.8 Å². The predicted molar refractivity (Wildman–Crippen MR) is 72.2 cm³/mol. The molecule has 98 valence electrons. The SMILES string of the molecule is C[C@H]1CCc2c(C(=O)N3CCOCC3)csc2C1. The van der Waals surface area contributed by atoms with Crippen molar-refractivity contribution in [2.75, 3.05) is 26.3 Å². The van der Waals surface area contributed by atoms with Gasteiger partial charge in [-0.15, -0.1) is 11.3 Å². The molecule has 2 aliphatic rings. The van der Waals surface area contributed by atoms with Crippen LogP contribution in [0.1, 0.15) is 34.1 Å². The molecule has 1 amide bonds. The Balaban J connectivity index is 1.82. The van der Waals surface area contributed by atoms with E-state index in [1.54, 1.807) is 11.3 Å². The summed E-state index contributed by atoms with van der Waals surface area (Å²) in [6.07, 6.45) is 3.44. The van der Waals surface area contributed by atoms with Crippen LogP contribution < -0.4 is 0 Å². The van der Waals surface area contributed by atoms with Gasteiger partial charge in [-0.1, -0.05) is 6.92 Å². The number of nitrogens with zero attached hydrogens (tertiary/aromatic N) is 1. The van der Waals surface area contributed by atoms with Crippen molar-refractivity contribution in [1.29, 1.82) is 0 Å². The molecule has 0 bridgehead atoms. The molecule has 0 spiro atoms. The lowest BCUT2D eigenvalue weighted by Crippen LogP contribution is -2.41. The zero-order valence-electron chi connectivity index (χ0n) is 10.8. The number of morpholine rings is 1. The molecule has 0 radical (unpaired) electrons. The number of rotatable bonds is 1. The highest BCUT2D eigenvalue weighted by Crippen LogP contribution is 2.33. The van der Waals surface area contributed by atoms with Crippen molar-refractivity contribution in [3.63, 3.8) is 0 Å². The Labute approximate surface area is 112 Å². The molecule has 1 aromatic rings.